The highest BCUT2D eigenvalue weighted by Crippen LogP contribution is 2.39. The monoisotopic (exact) mass is 424 g/mol. The fourth-order valence-electron chi connectivity index (χ4n) is 4.35. The van der Waals surface area contributed by atoms with Crippen LogP contribution in [0.1, 0.15) is 48.7 Å². The van der Waals surface area contributed by atoms with Crippen LogP contribution < -0.4 is 10.1 Å². The van der Waals surface area contributed by atoms with Crippen LogP contribution in [0.15, 0.2) is 36.5 Å². The van der Waals surface area contributed by atoms with Crippen molar-refractivity contribution in [2.75, 3.05) is 13.1 Å². The zero-order valence-corrected chi connectivity index (χ0v) is 18.0. The van der Waals surface area contributed by atoms with E-state index in [1.807, 2.05) is 31.3 Å². The lowest BCUT2D eigenvalue weighted by atomic mass is 9.84. The normalized spacial score (nSPS) is 21.9. The van der Waals surface area contributed by atoms with Crippen LogP contribution in [0.25, 0.3) is 0 Å². The average Bonchev–Trinajstić information content (AvgIpc) is 3.10. The smallest absolute Gasteiger partial charge is 0.242 e. The van der Waals surface area contributed by atoms with Crippen molar-refractivity contribution in [2.24, 2.45) is 0 Å². The van der Waals surface area contributed by atoms with Crippen LogP contribution in [0.3, 0.4) is 0 Å². The first kappa shape index (κ1) is 21.1. The summed E-state index contributed by atoms with van der Waals surface area (Å²) in [6.45, 7) is 5.03. The number of aromatic nitrogens is 2. The minimum absolute atomic E-state index is 0.0439. The van der Waals surface area contributed by atoms with Gasteiger partial charge in [-0.25, -0.2) is 0 Å². The largest absolute Gasteiger partial charge is 0.486 e. The van der Waals surface area contributed by atoms with E-state index in [0.29, 0.717) is 43.8 Å². The number of para-hydroxylation sites is 1. The molecule has 2 amide bonds. The molecule has 2 aliphatic heterocycles. The number of carbonyl (C=O) groups is 3. The maximum atomic E-state index is 12.8. The molecule has 0 aliphatic carbocycles. The summed E-state index contributed by atoms with van der Waals surface area (Å²) < 4.78 is 8.03. The van der Waals surface area contributed by atoms with Gasteiger partial charge in [0.1, 0.15) is 17.4 Å². The molecule has 2 atom stereocenters. The zero-order chi connectivity index (χ0) is 22.0. The Labute approximate surface area is 181 Å². The van der Waals surface area contributed by atoms with E-state index in [-0.39, 0.29) is 30.4 Å². The third-order valence-electron chi connectivity index (χ3n) is 6.18. The number of hydrogen-bond donors (Lipinski definition) is 1. The maximum Gasteiger partial charge on any atom is 0.242 e. The molecule has 0 bridgehead atoms. The van der Waals surface area contributed by atoms with E-state index < -0.39 is 11.6 Å². The number of Topliss-reactive ketones (excluding diaryl/α,β-unsaturated/α-hetero) is 1. The van der Waals surface area contributed by atoms with Crippen molar-refractivity contribution in [1.82, 2.24) is 20.0 Å². The minimum Gasteiger partial charge on any atom is -0.486 e. The number of fused-ring (bicyclic) bond motifs is 1. The van der Waals surface area contributed by atoms with Gasteiger partial charge >= 0.3 is 0 Å². The van der Waals surface area contributed by atoms with Crippen molar-refractivity contribution in [3.05, 3.63) is 47.8 Å². The molecule has 31 heavy (non-hydrogen) atoms. The highest BCUT2D eigenvalue weighted by molar-refractivity contribution is 6.00. The third-order valence-corrected chi connectivity index (χ3v) is 6.18. The fraction of sp³-hybridized carbons (Fsp3) is 0.478. The molecule has 8 nitrogen and oxygen atoms in total. The molecule has 1 fully saturated rings. The standard InChI is InChI=1S/C23H28N4O4/c1-16-8-12-26(25-16)14-11-24-22(30)17(2)27-13-10-23(9-7-21(27)29)15-19(28)18-5-3-4-6-20(18)31-23/h3-6,8,12,17H,7,9-11,13-15H2,1-2H3,(H,24,30)/t17-,23+/m0/s1. The summed E-state index contributed by atoms with van der Waals surface area (Å²) in [7, 11) is 0. The topological polar surface area (TPSA) is 93.5 Å². The molecule has 2 aromatic rings. The van der Waals surface area contributed by atoms with Gasteiger partial charge in [-0.2, -0.15) is 5.10 Å². The predicted molar refractivity (Wildman–Crippen MR) is 114 cm³/mol. The Balaban J connectivity index is 1.37. The zero-order valence-electron chi connectivity index (χ0n) is 18.0. The van der Waals surface area contributed by atoms with Gasteiger partial charge in [-0.15, -0.1) is 0 Å². The Morgan fingerprint density at radius 2 is 2.06 bits per heavy atom. The Morgan fingerprint density at radius 1 is 1.26 bits per heavy atom. The third kappa shape index (κ3) is 4.47. The van der Waals surface area contributed by atoms with Crippen molar-refractivity contribution >= 4 is 17.6 Å². The second-order valence-electron chi connectivity index (χ2n) is 8.41. The summed E-state index contributed by atoms with van der Waals surface area (Å²) in [4.78, 5) is 39.7. The van der Waals surface area contributed by atoms with E-state index in [4.69, 9.17) is 4.74 Å². The predicted octanol–water partition coefficient (Wildman–Crippen LogP) is 2.11. The number of benzene rings is 1. The van der Waals surface area contributed by atoms with E-state index in [1.165, 1.54) is 0 Å². The Morgan fingerprint density at radius 3 is 2.84 bits per heavy atom. The van der Waals surface area contributed by atoms with Crippen LogP contribution in [0.5, 0.6) is 5.75 Å². The Kier molecular flexibility index (Phi) is 5.80. The van der Waals surface area contributed by atoms with Gasteiger partial charge in [0.25, 0.3) is 0 Å². The van der Waals surface area contributed by atoms with Crippen LogP contribution in [0.2, 0.25) is 0 Å². The summed E-state index contributed by atoms with van der Waals surface area (Å²) >= 11 is 0. The molecule has 3 heterocycles. The van der Waals surface area contributed by atoms with Crippen LogP contribution in [-0.2, 0) is 16.1 Å². The quantitative estimate of drug-likeness (QED) is 0.794. The molecule has 4 rings (SSSR count). The van der Waals surface area contributed by atoms with Gasteiger partial charge in [-0.3, -0.25) is 19.1 Å². The van der Waals surface area contributed by atoms with Gasteiger partial charge in [-0.1, -0.05) is 12.1 Å². The number of likely N-dealkylation sites (tertiary alicyclic amines) is 1. The van der Waals surface area contributed by atoms with E-state index in [0.717, 1.165) is 5.69 Å². The van der Waals surface area contributed by atoms with Gasteiger partial charge in [0.2, 0.25) is 11.8 Å². The van der Waals surface area contributed by atoms with E-state index in [9.17, 15) is 14.4 Å². The number of amides is 2. The van der Waals surface area contributed by atoms with Gasteiger partial charge in [0, 0.05) is 32.1 Å². The van der Waals surface area contributed by atoms with Crippen LogP contribution in [-0.4, -0.2) is 57.0 Å². The fourth-order valence-corrected chi connectivity index (χ4v) is 4.35. The van der Waals surface area contributed by atoms with Crippen molar-refractivity contribution in [3.63, 3.8) is 0 Å². The van der Waals surface area contributed by atoms with E-state index in [2.05, 4.69) is 10.4 Å². The lowest BCUT2D eigenvalue weighted by Crippen LogP contribution is -2.49. The first-order valence-corrected chi connectivity index (χ1v) is 10.8. The lowest BCUT2D eigenvalue weighted by molar-refractivity contribution is -0.139. The van der Waals surface area contributed by atoms with Crippen molar-refractivity contribution in [3.8, 4) is 5.75 Å². The minimum atomic E-state index is -0.690. The van der Waals surface area contributed by atoms with Gasteiger partial charge in [0.05, 0.1) is 24.2 Å². The van der Waals surface area contributed by atoms with Gasteiger partial charge in [0.15, 0.2) is 5.78 Å². The van der Waals surface area contributed by atoms with Crippen molar-refractivity contribution in [2.45, 2.75) is 57.7 Å². The maximum absolute atomic E-state index is 12.8. The summed E-state index contributed by atoms with van der Waals surface area (Å²) in [6, 6.07) is 8.56. The molecule has 0 unspecified atom stereocenters. The van der Waals surface area contributed by atoms with Gasteiger partial charge < -0.3 is 15.0 Å². The Hall–Kier alpha value is -3.16. The van der Waals surface area contributed by atoms with Crippen LogP contribution in [0.4, 0.5) is 0 Å². The van der Waals surface area contributed by atoms with Gasteiger partial charge in [-0.05, 0) is 38.5 Å². The van der Waals surface area contributed by atoms with E-state index >= 15 is 0 Å². The molecule has 1 aromatic carbocycles. The van der Waals surface area contributed by atoms with Crippen molar-refractivity contribution in [1.29, 1.82) is 0 Å². The highest BCUT2D eigenvalue weighted by Gasteiger charge is 2.44. The number of nitrogens with zero attached hydrogens (tertiary/aromatic N) is 3. The molecule has 1 saturated heterocycles. The lowest BCUT2D eigenvalue weighted by Gasteiger charge is -2.37. The molecule has 8 heteroatoms. The molecular weight excluding hydrogens is 396 g/mol. The molecule has 0 radical (unpaired) electrons. The van der Waals surface area contributed by atoms with Crippen molar-refractivity contribution < 1.29 is 19.1 Å². The second kappa shape index (κ2) is 8.53. The number of hydrogen-bond acceptors (Lipinski definition) is 5. The summed E-state index contributed by atoms with van der Waals surface area (Å²) in [5, 5.41) is 7.19. The number of ketones is 1. The summed E-state index contributed by atoms with van der Waals surface area (Å²) in [5.41, 5.74) is 0.833. The molecule has 1 spiro atoms. The summed E-state index contributed by atoms with van der Waals surface area (Å²) in [5.74, 6) is 0.345. The number of carbonyl (C=O) groups excluding carboxylic acids is 3. The number of nitrogens with one attached hydrogen (secondary N) is 1. The molecule has 0 saturated carbocycles. The van der Waals surface area contributed by atoms with Crippen LogP contribution in [0, 0.1) is 6.92 Å². The van der Waals surface area contributed by atoms with Crippen LogP contribution >= 0.6 is 0 Å². The first-order chi connectivity index (χ1) is 14.9. The number of rotatable bonds is 5. The molecule has 1 N–H and O–H groups in total. The SMILES string of the molecule is Cc1ccn(CCNC(=O)[C@H](C)N2CC[C@]3(CCC2=O)CC(=O)c2ccccc2O3)n1. The molecular formula is C23H28N4O4. The second-order valence-corrected chi connectivity index (χ2v) is 8.41. The average molecular weight is 425 g/mol. The van der Waals surface area contributed by atoms with E-state index in [1.54, 1.807) is 28.6 Å². The number of ether oxygens (including phenoxy) is 1. The molecule has 1 aromatic heterocycles. The number of aryl methyl sites for hydroxylation is 1. The Bertz CT molecular complexity index is 1000. The highest BCUT2D eigenvalue weighted by atomic mass is 16.5. The molecule has 164 valence electrons. The summed E-state index contributed by atoms with van der Waals surface area (Å²) in [6.07, 6.45) is 3.36. The molecule has 2 aliphatic rings. The first-order valence-electron chi connectivity index (χ1n) is 10.8.